The molecule has 138 valence electrons. The van der Waals surface area contributed by atoms with Gasteiger partial charge in [0.2, 0.25) is 0 Å². The van der Waals surface area contributed by atoms with Crippen LogP contribution in [0.5, 0.6) is 0 Å². The highest BCUT2D eigenvalue weighted by molar-refractivity contribution is 5.82. The number of aromatic nitrogens is 7. The number of aromatic amines is 1. The van der Waals surface area contributed by atoms with Gasteiger partial charge in [0.15, 0.2) is 17.1 Å². The third kappa shape index (κ3) is 2.66. The van der Waals surface area contributed by atoms with Crippen molar-refractivity contribution in [3.63, 3.8) is 0 Å². The van der Waals surface area contributed by atoms with Crippen LogP contribution in [0.4, 0.5) is 5.82 Å². The lowest BCUT2D eigenvalue weighted by molar-refractivity contribution is 0.680. The molecule has 0 saturated carbocycles. The van der Waals surface area contributed by atoms with Gasteiger partial charge in [0.05, 0.1) is 17.9 Å². The molecule has 0 bridgehead atoms. The van der Waals surface area contributed by atoms with Crippen LogP contribution in [0.15, 0.2) is 61.3 Å². The van der Waals surface area contributed by atoms with Crippen LogP contribution in [0.2, 0.25) is 0 Å². The van der Waals surface area contributed by atoms with Crippen molar-refractivity contribution in [2.24, 2.45) is 0 Å². The molecule has 5 aromatic rings. The number of nitrogens with zero attached hydrogens (tertiary/aromatic N) is 6. The van der Waals surface area contributed by atoms with Gasteiger partial charge in [-0.25, -0.2) is 24.9 Å². The number of fused-ring (bicyclic) bond motifs is 2. The Morgan fingerprint density at radius 2 is 1.89 bits per heavy atom. The maximum atomic E-state index is 4.84. The highest BCUT2D eigenvalue weighted by Gasteiger charge is 2.22. The molecule has 0 unspecified atom stereocenters. The molecule has 0 fully saturated rings. The molecule has 0 aliphatic rings. The van der Waals surface area contributed by atoms with E-state index in [0.717, 1.165) is 34.6 Å². The summed E-state index contributed by atoms with van der Waals surface area (Å²) in [5, 5.41) is 3.51. The van der Waals surface area contributed by atoms with E-state index in [2.05, 4.69) is 53.9 Å². The Labute approximate surface area is 160 Å². The summed E-state index contributed by atoms with van der Waals surface area (Å²) in [6, 6.07) is 14.1. The number of H-pyrrole nitrogens is 1. The lowest BCUT2D eigenvalue weighted by Gasteiger charge is -2.19. The maximum absolute atomic E-state index is 4.84. The predicted octanol–water partition coefficient (Wildman–Crippen LogP) is 3.65. The van der Waals surface area contributed by atoms with Gasteiger partial charge in [-0.1, -0.05) is 25.1 Å². The highest BCUT2D eigenvalue weighted by atomic mass is 15.2. The Kier molecular flexibility index (Phi) is 3.93. The van der Waals surface area contributed by atoms with Crippen molar-refractivity contribution in [3.05, 3.63) is 67.1 Å². The second-order valence-electron chi connectivity index (χ2n) is 6.42. The number of benzene rings is 1. The first-order valence-electron chi connectivity index (χ1n) is 9.14. The smallest absolute Gasteiger partial charge is 0.182 e. The largest absolute Gasteiger partial charge is 0.358 e. The monoisotopic (exact) mass is 370 g/mol. The average Bonchev–Trinajstić information content (AvgIpc) is 3.37. The Morgan fingerprint density at radius 3 is 2.75 bits per heavy atom. The molecule has 4 aromatic heterocycles. The molecular formula is C20H18N8. The fourth-order valence-corrected chi connectivity index (χ4v) is 3.40. The second kappa shape index (κ2) is 6.73. The molecule has 1 atom stereocenters. The van der Waals surface area contributed by atoms with Crippen molar-refractivity contribution in [1.82, 2.24) is 34.5 Å². The Morgan fingerprint density at radius 1 is 1.00 bits per heavy atom. The fraction of sp³-hybridized carbons (Fsp3) is 0.150. The lowest BCUT2D eigenvalue weighted by atomic mass is 10.2. The van der Waals surface area contributed by atoms with Crippen molar-refractivity contribution >= 4 is 28.1 Å². The van der Waals surface area contributed by atoms with Gasteiger partial charge in [0, 0.05) is 11.9 Å². The van der Waals surface area contributed by atoms with E-state index in [1.54, 1.807) is 12.5 Å². The summed E-state index contributed by atoms with van der Waals surface area (Å²) in [6.07, 6.45) is 5.71. The molecule has 2 N–H and O–H groups in total. The zero-order valence-electron chi connectivity index (χ0n) is 15.2. The highest BCUT2D eigenvalue weighted by Crippen LogP contribution is 2.29. The standard InChI is InChI=1S/C20H18N8/c1-2-14(26-19-16-18(23-11-22-16)24-12-25-19)20-27-17-15(9-6-10-21-17)28(20)13-7-4-3-5-8-13/h3-12,14H,2H2,1H3,(H2,22,23,24,25,26)/t14-/m0/s1. The molecule has 28 heavy (non-hydrogen) atoms. The minimum absolute atomic E-state index is 0.0733. The minimum Gasteiger partial charge on any atom is -0.358 e. The molecule has 8 nitrogen and oxygen atoms in total. The summed E-state index contributed by atoms with van der Waals surface area (Å²) >= 11 is 0. The first-order valence-corrected chi connectivity index (χ1v) is 9.14. The molecular weight excluding hydrogens is 352 g/mol. The number of hydrogen-bond donors (Lipinski definition) is 2. The Balaban J connectivity index is 1.66. The summed E-state index contributed by atoms with van der Waals surface area (Å²) in [7, 11) is 0. The number of imidazole rings is 2. The zero-order chi connectivity index (χ0) is 18.9. The van der Waals surface area contributed by atoms with Crippen molar-refractivity contribution in [2.75, 3.05) is 5.32 Å². The summed E-state index contributed by atoms with van der Waals surface area (Å²) in [6.45, 7) is 2.12. The molecule has 0 aliphatic heterocycles. The van der Waals surface area contributed by atoms with E-state index in [0.29, 0.717) is 11.5 Å². The summed E-state index contributed by atoms with van der Waals surface area (Å²) in [5.74, 6) is 1.59. The molecule has 8 heteroatoms. The van der Waals surface area contributed by atoms with Crippen LogP contribution in [0.3, 0.4) is 0 Å². The number of anilines is 1. The molecule has 1 aromatic carbocycles. The summed E-state index contributed by atoms with van der Waals surface area (Å²) in [4.78, 5) is 25.2. The molecule has 5 rings (SSSR count). The van der Waals surface area contributed by atoms with Gasteiger partial charge in [0.25, 0.3) is 0 Å². The number of rotatable bonds is 5. The van der Waals surface area contributed by atoms with Crippen LogP contribution in [0.1, 0.15) is 25.2 Å². The normalized spacial score (nSPS) is 12.5. The average molecular weight is 370 g/mol. The molecule has 0 radical (unpaired) electrons. The van der Waals surface area contributed by atoms with E-state index >= 15 is 0 Å². The number of nitrogens with one attached hydrogen (secondary N) is 2. The fourth-order valence-electron chi connectivity index (χ4n) is 3.40. The van der Waals surface area contributed by atoms with Crippen LogP contribution in [0, 0.1) is 0 Å². The van der Waals surface area contributed by atoms with E-state index in [-0.39, 0.29) is 6.04 Å². The molecule has 0 spiro atoms. The summed E-state index contributed by atoms with van der Waals surface area (Å²) in [5.41, 5.74) is 4.14. The third-order valence-corrected chi connectivity index (χ3v) is 4.72. The van der Waals surface area contributed by atoms with Gasteiger partial charge in [0.1, 0.15) is 17.7 Å². The Hall–Kier alpha value is -3.81. The van der Waals surface area contributed by atoms with Crippen LogP contribution < -0.4 is 5.32 Å². The van der Waals surface area contributed by atoms with E-state index in [1.807, 2.05) is 30.3 Å². The van der Waals surface area contributed by atoms with Gasteiger partial charge in [-0.15, -0.1) is 0 Å². The van der Waals surface area contributed by atoms with Crippen molar-refractivity contribution in [1.29, 1.82) is 0 Å². The maximum Gasteiger partial charge on any atom is 0.182 e. The lowest BCUT2D eigenvalue weighted by Crippen LogP contribution is -2.16. The van der Waals surface area contributed by atoms with E-state index < -0.39 is 0 Å². The molecule has 0 aliphatic carbocycles. The topological polar surface area (TPSA) is 97.2 Å². The van der Waals surface area contributed by atoms with Crippen LogP contribution in [-0.4, -0.2) is 34.5 Å². The van der Waals surface area contributed by atoms with Crippen molar-refractivity contribution in [2.45, 2.75) is 19.4 Å². The van der Waals surface area contributed by atoms with E-state index in [4.69, 9.17) is 4.98 Å². The molecule has 0 saturated heterocycles. The van der Waals surface area contributed by atoms with Crippen LogP contribution >= 0.6 is 0 Å². The zero-order valence-corrected chi connectivity index (χ0v) is 15.2. The van der Waals surface area contributed by atoms with Gasteiger partial charge in [-0.3, -0.25) is 4.57 Å². The van der Waals surface area contributed by atoms with Crippen LogP contribution in [0.25, 0.3) is 28.0 Å². The second-order valence-corrected chi connectivity index (χ2v) is 6.42. The van der Waals surface area contributed by atoms with Gasteiger partial charge < -0.3 is 10.3 Å². The van der Waals surface area contributed by atoms with Gasteiger partial charge in [-0.2, -0.15) is 0 Å². The number of hydrogen-bond acceptors (Lipinski definition) is 6. The quantitative estimate of drug-likeness (QED) is 0.490. The first kappa shape index (κ1) is 16.4. The van der Waals surface area contributed by atoms with Crippen molar-refractivity contribution < 1.29 is 0 Å². The van der Waals surface area contributed by atoms with E-state index in [1.165, 1.54) is 6.33 Å². The summed E-state index contributed by atoms with van der Waals surface area (Å²) < 4.78 is 2.15. The Bertz CT molecular complexity index is 1240. The number of pyridine rings is 1. The van der Waals surface area contributed by atoms with Gasteiger partial charge in [-0.05, 0) is 30.7 Å². The predicted molar refractivity (Wildman–Crippen MR) is 107 cm³/mol. The van der Waals surface area contributed by atoms with Gasteiger partial charge >= 0.3 is 0 Å². The number of para-hydroxylation sites is 1. The first-order chi connectivity index (χ1) is 13.8. The third-order valence-electron chi connectivity index (χ3n) is 4.72. The molecule has 4 heterocycles. The minimum atomic E-state index is -0.0733. The SMILES string of the molecule is CC[C@H](Nc1ncnc2nc[nH]c12)c1nc2ncccc2n1-c1ccccc1. The molecule has 0 amide bonds. The van der Waals surface area contributed by atoms with E-state index in [9.17, 15) is 0 Å². The van der Waals surface area contributed by atoms with Crippen molar-refractivity contribution in [3.8, 4) is 5.69 Å². The van der Waals surface area contributed by atoms with Crippen LogP contribution in [-0.2, 0) is 0 Å².